The summed E-state index contributed by atoms with van der Waals surface area (Å²) < 4.78 is 3.99. The average Bonchev–Trinajstić information content (AvgIpc) is 3.19. The molecule has 0 amide bonds. The molecule has 1 aromatic carbocycles. The van der Waals surface area contributed by atoms with E-state index in [-0.39, 0.29) is 0 Å². The van der Waals surface area contributed by atoms with Gasteiger partial charge in [0.05, 0.1) is 17.7 Å². The number of hydrogen-bond donors (Lipinski definition) is 1. The van der Waals surface area contributed by atoms with Crippen molar-refractivity contribution in [2.75, 3.05) is 6.54 Å². The second kappa shape index (κ2) is 6.85. The minimum atomic E-state index is 0.795. The highest BCUT2D eigenvalue weighted by Crippen LogP contribution is 2.06. The molecule has 0 unspecified atom stereocenters. The summed E-state index contributed by atoms with van der Waals surface area (Å²) in [5.74, 6) is 0. The van der Waals surface area contributed by atoms with Gasteiger partial charge in [-0.1, -0.05) is 18.2 Å². The number of aryl methyl sites for hydroxylation is 1. The third kappa shape index (κ3) is 3.79. The molecule has 0 aliphatic carbocycles. The highest BCUT2D eigenvalue weighted by atomic mass is 15.3. The summed E-state index contributed by atoms with van der Waals surface area (Å²) in [7, 11) is 0. The van der Waals surface area contributed by atoms with E-state index in [0.717, 1.165) is 37.4 Å². The van der Waals surface area contributed by atoms with Gasteiger partial charge in [0.1, 0.15) is 0 Å². The first-order chi connectivity index (χ1) is 10.4. The second-order valence-electron chi connectivity index (χ2n) is 4.92. The Kier molecular flexibility index (Phi) is 4.43. The molecule has 0 aliphatic rings. The quantitative estimate of drug-likeness (QED) is 0.676. The molecule has 0 saturated heterocycles. The van der Waals surface area contributed by atoms with E-state index in [1.54, 1.807) is 0 Å². The van der Waals surface area contributed by atoms with Crippen LogP contribution in [0.3, 0.4) is 0 Å². The second-order valence-corrected chi connectivity index (χ2v) is 4.92. The van der Waals surface area contributed by atoms with Crippen molar-refractivity contribution in [1.82, 2.24) is 24.6 Å². The number of rotatable bonds is 7. The Hall–Kier alpha value is -2.40. The molecule has 21 heavy (non-hydrogen) atoms. The highest BCUT2D eigenvalue weighted by molar-refractivity contribution is 5.30. The van der Waals surface area contributed by atoms with Crippen molar-refractivity contribution in [3.05, 3.63) is 67.0 Å². The molecule has 5 nitrogen and oxygen atoms in total. The van der Waals surface area contributed by atoms with Crippen LogP contribution < -0.4 is 5.32 Å². The van der Waals surface area contributed by atoms with Crippen molar-refractivity contribution in [3.8, 4) is 5.69 Å². The Bertz CT molecular complexity index is 642. The van der Waals surface area contributed by atoms with Gasteiger partial charge in [0.25, 0.3) is 0 Å². The molecule has 108 valence electrons. The van der Waals surface area contributed by atoms with Gasteiger partial charge in [0.15, 0.2) is 0 Å². The Morgan fingerprint density at radius 3 is 2.76 bits per heavy atom. The zero-order valence-electron chi connectivity index (χ0n) is 11.9. The Morgan fingerprint density at radius 1 is 1.05 bits per heavy atom. The number of nitrogens with one attached hydrogen (secondary N) is 1. The molecule has 0 saturated carbocycles. The zero-order chi connectivity index (χ0) is 14.3. The van der Waals surface area contributed by atoms with Crippen LogP contribution in [0.1, 0.15) is 12.1 Å². The fourth-order valence-corrected chi connectivity index (χ4v) is 2.20. The fourth-order valence-electron chi connectivity index (χ4n) is 2.20. The van der Waals surface area contributed by atoms with Crippen LogP contribution in [-0.2, 0) is 13.1 Å². The summed E-state index contributed by atoms with van der Waals surface area (Å²) in [5.41, 5.74) is 2.14. The maximum atomic E-state index is 4.57. The SMILES string of the molecule is c1ccc(-n2ccc(CNCCCn3ccnc3)n2)cc1. The molecule has 0 radical (unpaired) electrons. The van der Waals surface area contributed by atoms with Crippen molar-refractivity contribution in [2.24, 2.45) is 0 Å². The lowest BCUT2D eigenvalue weighted by Gasteiger charge is -2.04. The van der Waals surface area contributed by atoms with Gasteiger partial charge in [0, 0.05) is 31.7 Å². The number of aromatic nitrogens is 4. The normalized spacial score (nSPS) is 10.9. The first-order valence-corrected chi connectivity index (χ1v) is 7.18. The van der Waals surface area contributed by atoms with Gasteiger partial charge in [0.2, 0.25) is 0 Å². The third-order valence-electron chi connectivity index (χ3n) is 3.30. The molecule has 0 bridgehead atoms. The molecule has 0 atom stereocenters. The van der Waals surface area contributed by atoms with Gasteiger partial charge >= 0.3 is 0 Å². The smallest absolute Gasteiger partial charge is 0.0945 e. The average molecular weight is 281 g/mol. The summed E-state index contributed by atoms with van der Waals surface area (Å²) in [6, 6.07) is 12.2. The van der Waals surface area contributed by atoms with Crippen molar-refractivity contribution in [3.63, 3.8) is 0 Å². The van der Waals surface area contributed by atoms with Gasteiger partial charge in [-0.25, -0.2) is 9.67 Å². The molecule has 1 N–H and O–H groups in total. The van der Waals surface area contributed by atoms with Crippen LogP contribution in [0.4, 0.5) is 0 Å². The molecule has 0 spiro atoms. The van der Waals surface area contributed by atoms with Crippen LogP contribution in [-0.4, -0.2) is 25.9 Å². The number of benzene rings is 1. The maximum Gasteiger partial charge on any atom is 0.0945 e. The molecule has 3 aromatic rings. The Balaban J connectivity index is 1.43. The van der Waals surface area contributed by atoms with E-state index < -0.39 is 0 Å². The highest BCUT2D eigenvalue weighted by Gasteiger charge is 2.00. The molecular formula is C16H19N5. The van der Waals surface area contributed by atoms with E-state index in [9.17, 15) is 0 Å². The largest absolute Gasteiger partial charge is 0.337 e. The van der Waals surface area contributed by atoms with Gasteiger partial charge in [-0.05, 0) is 31.2 Å². The van der Waals surface area contributed by atoms with Gasteiger partial charge in [-0.2, -0.15) is 5.10 Å². The van der Waals surface area contributed by atoms with Crippen LogP contribution in [0.2, 0.25) is 0 Å². The molecule has 0 fully saturated rings. The standard InChI is InChI=1S/C16H19N5/c1-2-5-16(6-3-1)21-11-7-15(19-21)13-17-8-4-10-20-12-9-18-14-20/h1-3,5-7,9,11-12,14,17H,4,8,10,13H2. The number of hydrogen-bond acceptors (Lipinski definition) is 3. The van der Waals surface area contributed by atoms with Crippen LogP contribution in [0.5, 0.6) is 0 Å². The van der Waals surface area contributed by atoms with Crippen LogP contribution >= 0.6 is 0 Å². The van der Waals surface area contributed by atoms with Crippen molar-refractivity contribution >= 4 is 0 Å². The summed E-state index contributed by atoms with van der Waals surface area (Å²) in [5, 5.41) is 7.99. The zero-order valence-corrected chi connectivity index (χ0v) is 11.9. The summed E-state index contributed by atoms with van der Waals surface area (Å²) >= 11 is 0. The van der Waals surface area contributed by atoms with Crippen molar-refractivity contribution in [2.45, 2.75) is 19.5 Å². The lowest BCUT2D eigenvalue weighted by atomic mass is 10.3. The predicted octanol–water partition coefficient (Wildman–Crippen LogP) is 2.25. The number of nitrogens with zero attached hydrogens (tertiary/aromatic N) is 4. The van der Waals surface area contributed by atoms with Crippen molar-refractivity contribution in [1.29, 1.82) is 0 Å². The van der Waals surface area contributed by atoms with E-state index in [2.05, 4.69) is 38.2 Å². The number of imidazole rings is 1. The lowest BCUT2D eigenvalue weighted by Crippen LogP contribution is -2.16. The van der Waals surface area contributed by atoms with E-state index >= 15 is 0 Å². The predicted molar refractivity (Wildman–Crippen MR) is 82.1 cm³/mol. The molecule has 2 heterocycles. The van der Waals surface area contributed by atoms with E-state index in [0.29, 0.717) is 0 Å². The minimum Gasteiger partial charge on any atom is -0.337 e. The minimum absolute atomic E-state index is 0.795. The topological polar surface area (TPSA) is 47.7 Å². The van der Waals surface area contributed by atoms with Crippen LogP contribution in [0, 0.1) is 0 Å². The van der Waals surface area contributed by atoms with E-state index in [4.69, 9.17) is 0 Å². The molecule has 3 rings (SSSR count). The Labute approximate surface area is 124 Å². The summed E-state index contributed by atoms with van der Waals surface area (Å²) in [4.78, 5) is 4.03. The molecular weight excluding hydrogens is 262 g/mol. The number of para-hydroxylation sites is 1. The monoisotopic (exact) mass is 281 g/mol. The van der Waals surface area contributed by atoms with Gasteiger partial charge < -0.3 is 9.88 Å². The first kappa shape index (κ1) is 13.6. The summed E-state index contributed by atoms with van der Waals surface area (Å²) in [6.45, 7) is 2.76. The molecule has 0 aliphatic heterocycles. The molecule has 2 aromatic heterocycles. The molecule has 5 heteroatoms. The fraction of sp³-hybridized carbons (Fsp3) is 0.250. The maximum absolute atomic E-state index is 4.57. The lowest BCUT2D eigenvalue weighted by molar-refractivity contribution is 0.575. The van der Waals surface area contributed by atoms with Crippen LogP contribution in [0.15, 0.2) is 61.3 Å². The van der Waals surface area contributed by atoms with Crippen LogP contribution in [0.25, 0.3) is 5.69 Å². The van der Waals surface area contributed by atoms with E-state index in [1.165, 1.54) is 0 Å². The van der Waals surface area contributed by atoms with Gasteiger partial charge in [-0.3, -0.25) is 0 Å². The Morgan fingerprint density at radius 2 is 1.95 bits per heavy atom. The van der Waals surface area contributed by atoms with Crippen molar-refractivity contribution < 1.29 is 0 Å². The van der Waals surface area contributed by atoms with E-state index in [1.807, 2.05) is 47.8 Å². The van der Waals surface area contributed by atoms with Gasteiger partial charge in [-0.15, -0.1) is 0 Å². The first-order valence-electron chi connectivity index (χ1n) is 7.18. The third-order valence-corrected chi connectivity index (χ3v) is 3.30. The summed E-state index contributed by atoms with van der Waals surface area (Å²) in [6.07, 6.45) is 8.72.